The molecule has 2 N–H and O–H groups in total. The maximum atomic E-state index is 6.36. The summed E-state index contributed by atoms with van der Waals surface area (Å²) in [6, 6.07) is 2.77. The molecular formula is C14H25BrN2S. The van der Waals surface area contributed by atoms with Gasteiger partial charge in [0.1, 0.15) is 0 Å². The molecule has 0 saturated carbocycles. The van der Waals surface area contributed by atoms with Crippen molar-refractivity contribution in [3.63, 3.8) is 0 Å². The Morgan fingerprint density at radius 3 is 2.44 bits per heavy atom. The molecule has 4 heteroatoms. The number of halogens is 1. The maximum absolute atomic E-state index is 6.36. The Balaban J connectivity index is 2.96. The van der Waals surface area contributed by atoms with Crippen LogP contribution in [0.5, 0.6) is 0 Å². The van der Waals surface area contributed by atoms with E-state index in [-0.39, 0.29) is 6.04 Å². The van der Waals surface area contributed by atoms with Crippen LogP contribution in [-0.2, 0) is 0 Å². The van der Waals surface area contributed by atoms with Gasteiger partial charge < -0.3 is 5.73 Å². The standard InChI is InChI=1S/C14H25BrN2S/c1-5-12(16)14(13-7-11(15)9-18-13)17(6-2)8-10(3)4/h7,9-10,12,14H,5-6,8,16H2,1-4H3. The quantitative estimate of drug-likeness (QED) is 0.807. The Kier molecular flexibility index (Phi) is 6.85. The van der Waals surface area contributed by atoms with E-state index in [1.807, 2.05) is 0 Å². The highest BCUT2D eigenvalue weighted by Crippen LogP contribution is 2.32. The summed E-state index contributed by atoms with van der Waals surface area (Å²) in [5.41, 5.74) is 6.36. The van der Waals surface area contributed by atoms with E-state index >= 15 is 0 Å². The van der Waals surface area contributed by atoms with Gasteiger partial charge in [0.25, 0.3) is 0 Å². The Labute approximate surface area is 124 Å². The van der Waals surface area contributed by atoms with E-state index in [2.05, 4.69) is 60.0 Å². The second kappa shape index (κ2) is 7.63. The highest BCUT2D eigenvalue weighted by atomic mass is 79.9. The Morgan fingerprint density at radius 1 is 1.39 bits per heavy atom. The van der Waals surface area contributed by atoms with Crippen molar-refractivity contribution in [2.24, 2.45) is 11.7 Å². The molecule has 0 aliphatic heterocycles. The number of hydrogen-bond donors (Lipinski definition) is 1. The number of hydrogen-bond acceptors (Lipinski definition) is 3. The van der Waals surface area contributed by atoms with Gasteiger partial charge in [0.15, 0.2) is 0 Å². The molecule has 0 fully saturated rings. The number of likely N-dealkylation sites (N-methyl/N-ethyl adjacent to an activating group) is 1. The Bertz CT molecular complexity index is 351. The minimum atomic E-state index is 0.203. The normalized spacial score (nSPS) is 15.3. The molecule has 18 heavy (non-hydrogen) atoms. The van der Waals surface area contributed by atoms with Crippen LogP contribution in [0.3, 0.4) is 0 Å². The first-order chi connectivity index (χ1) is 8.49. The molecule has 0 spiro atoms. The zero-order valence-corrected chi connectivity index (χ0v) is 14.2. The molecular weight excluding hydrogens is 308 g/mol. The first kappa shape index (κ1) is 16.2. The second-order valence-electron chi connectivity index (χ2n) is 5.17. The van der Waals surface area contributed by atoms with Gasteiger partial charge in [-0.3, -0.25) is 4.90 Å². The molecule has 1 aromatic rings. The van der Waals surface area contributed by atoms with Gasteiger partial charge in [-0.1, -0.05) is 27.7 Å². The van der Waals surface area contributed by atoms with E-state index in [1.165, 1.54) is 4.88 Å². The third-order valence-corrected chi connectivity index (χ3v) is 4.92. The second-order valence-corrected chi connectivity index (χ2v) is 7.02. The van der Waals surface area contributed by atoms with Crippen molar-refractivity contribution in [1.82, 2.24) is 4.90 Å². The van der Waals surface area contributed by atoms with Gasteiger partial charge in [-0.05, 0) is 40.9 Å². The van der Waals surface area contributed by atoms with Gasteiger partial charge in [0.2, 0.25) is 0 Å². The van der Waals surface area contributed by atoms with E-state index in [0.29, 0.717) is 12.0 Å². The van der Waals surface area contributed by atoms with Crippen LogP contribution < -0.4 is 5.73 Å². The van der Waals surface area contributed by atoms with Crippen LogP contribution >= 0.6 is 27.3 Å². The molecule has 104 valence electrons. The highest BCUT2D eigenvalue weighted by molar-refractivity contribution is 9.10. The summed E-state index contributed by atoms with van der Waals surface area (Å²) >= 11 is 5.35. The number of rotatable bonds is 7. The van der Waals surface area contributed by atoms with E-state index < -0.39 is 0 Å². The molecule has 0 bridgehead atoms. The van der Waals surface area contributed by atoms with Gasteiger partial charge in [-0.2, -0.15) is 0 Å². The molecule has 1 aromatic heterocycles. The topological polar surface area (TPSA) is 29.3 Å². The van der Waals surface area contributed by atoms with Crippen molar-refractivity contribution in [2.45, 2.75) is 46.2 Å². The summed E-state index contributed by atoms with van der Waals surface area (Å²) in [7, 11) is 0. The minimum Gasteiger partial charge on any atom is -0.326 e. The van der Waals surface area contributed by atoms with Crippen molar-refractivity contribution in [3.05, 3.63) is 20.8 Å². The summed E-state index contributed by atoms with van der Waals surface area (Å²) in [5.74, 6) is 0.667. The SMILES string of the molecule is CCC(N)C(c1cc(Br)cs1)N(CC)CC(C)C. The molecule has 1 heterocycles. The smallest absolute Gasteiger partial charge is 0.0593 e. The van der Waals surface area contributed by atoms with Crippen molar-refractivity contribution in [3.8, 4) is 0 Å². The Hall–Kier alpha value is 0.1000. The van der Waals surface area contributed by atoms with E-state index in [9.17, 15) is 0 Å². The fourth-order valence-electron chi connectivity index (χ4n) is 2.28. The predicted molar refractivity (Wildman–Crippen MR) is 85.1 cm³/mol. The summed E-state index contributed by atoms with van der Waals surface area (Å²) in [4.78, 5) is 3.88. The fraction of sp³-hybridized carbons (Fsp3) is 0.714. The zero-order chi connectivity index (χ0) is 13.7. The minimum absolute atomic E-state index is 0.203. The maximum Gasteiger partial charge on any atom is 0.0593 e. The molecule has 0 aliphatic rings. The monoisotopic (exact) mass is 332 g/mol. The number of thiophene rings is 1. The van der Waals surface area contributed by atoms with E-state index in [1.54, 1.807) is 11.3 Å². The molecule has 1 rings (SSSR count). The lowest BCUT2D eigenvalue weighted by Crippen LogP contribution is -2.42. The first-order valence-electron chi connectivity index (χ1n) is 6.73. The lowest BCUT2D eigenvalue weighted by molar-refractivity contribution is 0.161. The largest absolute Gasteiger partial charge is 0.326 e. The molecule has 0 aromatic carbocycles. The van der Waals surface area contributed by atoms with Crippen molar-refractivity contribution < 1.29 is 0 Å². The molecule has 0 amide bonds. The lowest BCUT2D eigenvalue weighted by Gasteiger charge is -2.35. The fourth-order valence-corrected chi connectivity index (χ4v) is 3.93. The van der Waals surface area contributed by atoms with Crippen LogP contribution in [-0.4, -0.2) is 24.0 Å². The van der Waals surface area contributed by atoms with Crippen LogP contribution in [0.2, 0.25) is 0 Å². The van der Waals surface area contributed by atoms with Gasteiger partial charge in [-0.25, -0.2) is 0 Å². The molecule has 0 aliphatic carbocycles. The highest BCUT2D eigenvalue weighted by Gasteiger charge is 2.26. The molecule has 2 atom stereocenters. The molecule has 0 saturated heterocycles. The van der Waals surface area contributed by atoms with Crippen LogP contribution in [0.4, 0.5) is 0 Å². The van der Waals surface area contributed by atoms with Crippen molar-refractivity contribution in [1.29, 1.82) is 0 Å². The predicted octanol–water partition coefficient (Wildman–Crippen LogP) is 4.27. The van der Waals surface area contributed by atoms with Crippen LogP contribution in [0.15, 0.2) is 15.9 Å². The third kappa shape index (κ3) is 4.34. The molecule has 0 radical (unpaired) electrons. The van der Waals surface area contributed by atoms with Gasteiger partial charge in [-0.15, -0.1) is 11.3 Å². The van der Waals surface area contributed by atoms with E-state index in [4.69, 9.17) is 5.73 Å². The van der Waals surface area contributed by atoms with Crippen molar-refractivity contribution >= 4 is 27.3 Å². The third-order valence-electron chi connectivity index (χ3n) is 3.16. The first-order valence-corrected chi connectivity index (χ1v) is 8.40. The van der Waals surface area contributed by atoms with Gasteiger partial charge in [0, 0.05) is 27.3 Å². The average molecular weight is 333 g/mol. The van der Waals surface area contributed by atoms with Crippen LogP contribution in [0, 0.1) is 5.92 Å². The van der Waals surface area contributed by atoms with Gasteiger partial charge >= 0.3 is 0 Å². The zero-order valence-electron chi connectivity index (χ0n) is 11.8. The van der Waals surface area contributed by atoms with E-state index in [0.717, 1.165) is 24.0 Å². The molecule has 2 unspecified atom stereocenters. The molecule has 2 nitrogen and oxygen atoms in total. The summed E-state index contributed by atoms with van der Waals surface area (Å²) in [6.45, 7) is 11.1. The van der Waals surface area contributed by atoms with Crippen LogP contribution in [0.1, 0.15) is 45.0 Å². The number of nitrogens with zero attached hydrogens (tertiary/aromatic N) is 1. The summed E-state index contributed by atoms with van der Waals surface area (Å²) in [6.07, 6.45) is 1.01. The van der Waals surface area contributed by atoms with Crippen LogP contribution in [0.25, 0.3) is 0 Å². The van der Waals surface area contributed by atoms with Crippen molar-refractivity contribution in [2.75, 3.05) is 13.1 Å². The Morgan fingerprint density at radius 2 is 2.06 bits per heavy atom. The average Bonchev–Trinajstić information content (AvgIpc) is 2.73. The van der Waals surface area contributed by atoms with Gasteiger partial charge in [0.05, 0.1) is 6.04 Å². The summed E-state index contributed by atoms with van der Waals surface area (Å²) < 4.78 is 1.16. The number of nitrogens with two attached hydrogens (primary N) is 1. The summed E-state index contributed by atoms with van der Waals surface area (Å²) in [5, 5.41) is 2.15. The lowest BCUT2D eigenvalue weighted by atomic mass is 10.0.